The Balaban J connectivity index is 1.65. The maximum atomic E-state index is 14.9. The number of rotatable bonds is 4. The Morgan fingerprint density at radius 1 is 1.21 bits per heavy atom. The van der Waals surface area contributed by atoms with Crippen LogP contribution >= 0.6 is 0 Å². The van der Waals surface area contributed by atoms with Crippen LogP contribution in [0.5, 0.6) is 0 Å². The molecule has 33 heavy (non-hydrogen) atoms. The van der Waals surface area contributed by atoms with Gasteiger partial charge in [0.15, 0.2) is 0 Å². The summed E-state index contributed by atoms with van der Waals surface area (Å²) >= 11 is 0. The lowest BCUT2D eigenvalue weighted by Gasteiger charge is -2.32. The summed E-state index contributed by atoms with van der Waals surface area (Å²) in [6.45, 7) is 3.21. The molecule has 1 aliphatic rings. The van der Waals surface area contributed by atoms with Crippen molar-refractivity contribution >= 4 is 29.3 Å². The molecule has 1 aromatic carbocycles. The molecule has 0 saturated carbocycles. The minimum atomic E-state index is -1.14. The van der Waals surface area contributed by atoms with E-state index < -0.39 is 17.3 Å². The first-order valence-corrected chi connectivity index (χ1v) is 9.86. The van der Waals surface area contributed by atoms with Gasteiger partial charge in [0.05, 0.1) is 18.3 Å². The van der Waals surface area contributed by atoms with Crippen molar-refractivity contribution in [3.63, 3.8) is 0 Å². The summed E-state index contributed by atoms with van der Waals surface area (Å²) in [5, 5.41) is 14.2. The van der Waals surface area contributed by atoms with E-state index in [0.717, 1.165) is 0 Å². The number of pyridine rings is 1. The third-order valence-corrected chi connectivity index (χ3v) is 5.17. The molecule has 11 heteroatoms. The van der Waals surface area contributed by atoms with Gasteiger partial charge in [-0.05, 0) is 37.3 Å². The molecule has 0 aliphatic carbocycles. The predicted octanol–water partition coefficient (Wildman–Crippen LogP) is 2.13. The Morgan fingerprint density at radius 3 is 2.67 bits per heavy atom. The van der Waals surface area contributed by atoms with Crippen LogP contribution in [-0.2, 0) is 16.9 Å². The number of nitrogens with one attached hydrogen (secondary N) is 2. The van der Waals surface area contributed by atoms with Gasteiger partial charge in [0.25, 0.3) is 5.91 Å². The average Bonchev–Trinajstić information content (AvgIpc) is 3.17. The van der Waals surface area contributed by atoms with Gasteiger partial charge in [-0.25, -0.2) is 14.4 Å². The van der Waals surface area contributed by atoms with Crippen LogP contribution in [-0.4, -0.2) is 32.2 Å². The number of aliphatic imine (C=N–C) groups is 1. The number of hydrogen-bond donors (Lipinski definition) is 3. The number of amides is 2. The highest BCUT2D eigenvalue weighted by Gasteiger charge is 2.36. The molecule has 1 atom stereocenters. The monoisotopic (exact) mass is 446 g/mol. The molecule has 4 rings (SSSR count). The van der Waals surface area contributed by atoms with Gasteiger partial charge in [0.2, 0.25) is 11.9 Å². The molecule has 0 radical (unpaired) electrons. The number of nitrogens with two attached hydrogens (primary N) is 1. The van der Waals surface area contributed by atoms with Gasteiger partial charge in [0.1, 0.15) is 34.6 Å². The first kappa shape index (κ1) is 21.6. The lowest BCUT2D eigenvalue weighted by molar-refractivity contribution is -0.114. The Kier molecular flexibility index (Phi) is 5.35. The molecular formula is C22H19FN8O2. The van der Waals surface area contributed by atoms with E-state index in [1.807, 2.05) is 6.07 Å². The molecule has 10 nitrogen and oxygen atoms in total. The summed E-state index contributed by atoms with van der Waals surface area (Å²) in [6, 6.07) is 8.97. The number of hydrogen-bond acceptors (Lipinski definition) is 7. The zero-order valence-corrected chi connectivity index (χ0v) is 17.8. The highest BCUT2D eigenvalue weighted by molar-refractivity contribution is 6.03. The number of nitriles is 1. The quantitative estimate of drug-likeness (QED) is 0.558. The highest BCUT2D eigenvalue weighted by Crippen LogP contribution is 2.36. The second-order valence-electron chi connectivity index (χ2n) is 7.70. The Labute approximate surface area is 188 Å². The number of imidazole rings is 1. The Morgan fingerprint density at radius 2 is 2.00 bits per heavy atom. The van der Waals surface area contributed by atoms with E-state index in [1.54, 1.807) is 11.5 Å². The standard InChI is InChI=1S/C22H19FN8O2/c1-12(32)28-21-27-10-18-19(25)30-22(2,11-31(18)21)15-7-14(4-5-16(15)23)29-20(33)17-6-3-13(8-24)9-26-17/h3-7,9-10H,11H2,1-2H3,(H2,25,30)(H,29,33)(H,27,28,32)/t22-/m0/s1. The molecule has 4 N–H and O–H groups in total. The van der Waals surface area contributed by atoms with E-state index in [-0.39, 0.29) is 35.5 Å². The van der Waals surface area contributed by atoms with Gasteiger partial charge in [0, 0.05) is 24.4 Å². The number of carbonyl (C=O) groups excluding carboxylic acids is 2. The minimum absolute atomic E-state index is 0.106. The zero-order valence-electron chi connectivity index (χ0n) is 17.8. The van der Waals surface area contributed by atoms with Gasteiger partial charge >= 0.3 is 0 Å². The fraction of sp³-hybridized carbons (Fsp3) is 0.182. The smallest absolute Gasteiger partial charge is 0.274 e. The summed E-state index contributed by atoms with van der Waals surface area (Å²) in [4.78, 5) is 36.7. The predicted molar refractivity (Wildman–Crippen MR) is 118 cm³/mol. The van der Waals surface area contributed by atoms with Crippen molar-refractivity contribution in [1.82, 2.24) is 14.5 Å². The fourth-order valence-electron chi connectivity index (χ4n) is 3.61. The molecule has 2 amide bonds. The number of aromatic nitrogens is 3. The number of carbonyl (C=O) groups is 2. The molecule has 0 bridgehead atoms. The summed E-state index contributed by atoms with van der Waals surface area (Å²) in [7, 11) is 0. The van der Waals surface area contributed by atoms with E-state index in [2.05, 4.69) is 25.6 Å². The zero-order chi connectivity index (χ0) is 23.8. The van der Waals surface area contributed by atoms with Crippen molar-refractivity contribution in [2.24, 2.45) is 10.7 Å². The Bertz CT molecular complexity index is 1340. The number of amidine groups is 1. The molecule has 3 heterocycles. The van der Waals surface area contributed by atoms with Crippen LogP contribution in [0.4, 0.5) is 16.0 Å². The SMILES string of the molecule is CC(=O)Nc1ncc2n1C[C@@](C)(c1cc(NC(=O)c3ccc(C#N)cn3)ccc1F)N=C2N. The van der Waals surface area contributed by atoms with Crippen LogP contribution in [0.15, 0.2) is 47.7 Å². The van der Waals surface area contributed by atoms with Crippen molar-refractivity contribution in [2.45, 2.75) is 25.9 Å². The topological polar surface area (TPSA) is 151 Å². The maximum absolute atomic E-state index is 14.9. The lowest BCUT2D eigenvalue weighted by atomic mass is 9.90. The van der Waals surface area contributed by atoms with Gasteiger partial charge in [-0.15, -0.1) is 0 Å². The molecule has 0 spiro atoms. The molecule has 0 saturated heterocycles. The van der Waals surface area contributed by atoms with Crippen LogP contribution < -0.4 is 16.4 Å². The van der Waals surface area contributed by atoms with Crippen LogP contribution in [0.1, 0.15) is 41.2 Å². The van der Waals surface area contributed by atoms with Crippen molar-refractivity contribution in [3.05, 3.63) is 71.1 Å². The number of fused-ring (bicyclic) bond motifs is 1. The number of halogens is 1. The molecule has 0 unspecified atom stereocenters. The first-order chi connectivity index (χ1) is 15.7. The normalized spacial score (nSPS) is 16.8. The van der Waals surface area contributed by atoms with Crippen molar-refractivity contribution < 1.29 is 14.0 Å². The summed E-state index contributed by atoms with van der Waals surface area (Å²) in [6.07, 6.45) is 2.78. The molecule has 1 aliphatic heterocycles. The summed E-state index contributed by atoms with van der Waals surface area (Å²) in [5.41, 5.74) is 6.46. The van der Waals surface area contributed by atoms with Crippen molar-refractivity contribution in [2.75, 3.05) is 10.6 Å². The van der Waals surface area contributed by atoms with Gasteiger partial charge in [-0.3, -0.25) is 19.9 Å². The molecule has 2 aromatic heterocycles. The van der Waals surface area contributed by atoms with E-state index in [1.165, 1.54) is 49.6 Å². The molecule has 3 aromatic rings. The second-order valence-corrected chi connectivity index (χ2v) is 7.70. The van der Waals surface area contributed by atoms with Crippen LogP contribution in [0.2, 0.25) is 0 Å². The van der Waals surface area contributed by atoms with Gasteiger partial charge in [-0.1, -0.05) is 0 Å². The van der Waals surface area contributed by atoms with Gasteiger partial charge < -0.3 is 15.6 Å². The van der Waals surface area contributed by atoms with Crippen LogP contribution in [0.3, 0.4) is 0 Å². The van der Waals surface area contributed by atoms with Crippen LogP contribution in [0.25, 0.3) is 0 Å². The molecule has 0 fully saturated rings. The number of nitrogens with zero attached hydrogens (tertiary/aromatic N) is 5. The van der Waals surface area contributed by atoms with E-state index >= 15 is 0 Å². The molecular weight excluding hydrogens is 427 g/mol. The Hall–Kier alpha value is -4.59. The van der Waals surface area contributed by atoms with Crippen molar-refractivity contribution in [1.29, 1.82) is 5.26 Å². The largest absolute Gasteiger partial charge is 0.382 e. The number of benzene rings is 1. The average molecular weight is 446 g/mol. The minimum Gasteiger partial charge on any atom is -0.382 e. The fourth-order valence-corrected chi connectivity index (χ4v) is 3.61. The number of anilines is 2. The summed E-state index contributed by atoms with van der Waals surface area (Å²) in [5.74, 6) is -0.938. The van der Waals surface area contributed by atoms with Gasteiger partial charge in [-0.2, -0.15) is 5.26 Å². The van der Waals surface area contributed by atoms with E-state index in [0.29, 0.717) is 16.9 Å². The first-order valence-electron chi connectivity index (χ1n) is 9.86. The third-order valence-electron chi connectivity index (χ3n) is 5.17. The van der Waals surface area contributed by atoms with Crippen LogP contribution in [0, 0.1) is 17.1 Å². The lowest BCUT2D eigenvalue weighted by Crippen LogP contribution is -2.38. The van der Waals surface area contributed by atoms with E-state index in [4.69, 9.17) is 11.0 Å². The maximum Gasteiger partial charge on any atom is 0.274 e. The second kappa shape index (κ2) is 8.16. The third kappa shape index (κ3) is 4.14. The van der Waals surface area contributed by atoms with E-state index in [9.17, 15) is 14.0 Å². The van der Waals surface area contributed by atoms with Crippen molar-refractivity contribution in [3.8, 4) is 6.07 Å². The highest BCUT2D eigenvalue weighted by atomic mass is 19.1. The summed E-state index contributed by atoms with van der Waals surface area (Å²) < 4.78 is 16.6. The molecule has 166 valence electrons.